The van der Waals surface area contributed by atoms with Crippen LogP contribution in [0, 0.1) is 6.92 Å². The number of aliphatic hydroxyl groups is 1. The molecule has 2 N–H and O–H groups in total. The van der Waals surface area contributed by atoms with Crippen LogP contribution >= 0.6 is 23.1 Å². The van der Waals surface area contributed by atoms with Crippen LogP contribution in [-0.4, -0.2) is 33.5 Å². The lowest BCUT2D eigenvalue weighted by Crippen LogP contribution is -2.20. The molecular formula is C20H22N2O3S2. The van der Waals surface area contributed by atoms with E-state index in [0.29, 0.717) is 10.9 Å². The van der Waals surface area contributed by atoms with Crippen molar-refractivity contribution in [2.75, 3.05) is 12.4 Å². The predicted octanol–water partition coefficient (Wildman–Crippen LogP) is 3.70. The van der Waals surface area contributed by atoms with Gasteiger partial charge >= 0.3 is 0 Å². The van der Waals surface area contributed by atoms with Gasteiger partial charge in [0.1, 0.15) is 17.2 Å². The van der Waals surface area contributed by atoms with Crippen LogP contribution in [0.2, 0.25) is 0 Å². The number of hydrogen-bond acceptors (Lipinski definition) is 6. The van der Waals surface area contributed by atoms with Crippen LogP contribution in [0.25, 0.3) is 10.2 Å². The standard InChI is InChI=1S/C20H22N2O3S2/c1-12-6-8-14(9-7-12)25-10-13(23)11-26-20-21-18(24)17-15-4-2-3-5-16(15)27-19(17)22-20/h6-9,13,23H,2-5,10-11H2,1H3,(H,21,22,24)/t13-/m0/s1. The van der Waals surface area contributed by atoms with Gasteiger partial charge in [0.05, 0.1) is 11.5 Å². The molecule has 27 heavy (non-hydrogen) atoms. The van der Waals surface area contributed by atoms with Crippen LogP contribution < -0.4 is 10.3 Å². The molecule has 0 fully saturated rings. The van der Waals surface area contributed by atoms with Crippen LogP contribution in [0.5, 0.6) is 5.75 Å². The van der Waals surface area contributed by atoms with Gasteiger partial charge in [0.2, 0.25) is 0 Å². The number of thioether (sulfide) groups is 1. The second-order valence-corrected chi connectivity index (χ2v) is 8.94. The Bertz CT molecular complexity index is 995. The Balaban J connectivity index is 1.39. The van der Waals surface area contributed by atoms with Gasteiger partial charge in [-0.05, 0) is 50.3 Å². The first kappa shape index (κ1) is 18.5. The van der Waals surface area contributed by atoms with Crippen LogP contribution in [-0.2, 0) is 12.8 Å². The quantitative estimate of drug-likeness (QED) is 0.486. The number of benzene rings is 1. The number of rotatable bonds is 6. The lowest BCUT2D eigenvalue weighted by atomic mass is 9.97. The Morgan fingerprint density at radius 2 is 2.07 bits per heavy atom. The van der Waals surface area contributed by atoms with Crippen molar-refractivity contribution in [1.82, 2.24) is 9.97 Å². The second-order valence-electron chi connectivity index (χ2n) is 6.85. The van der Waals surface area contributed by atoms with E-state index in [2.05, 4.69) is 9.97 Å². The molecule has 1 aliphatic rings. The zero-order valence-electron chi connectivity index (χ0n) is 15.2. The highest BCUT2D eigenvalue weighted by atomic mass is 32.2. The van der Waals surface area contributed by atoms with Crippen LogP contribution in [0.3, 0.4) is 0 Å². The zero-order valence-corrected chi connectivity index (χ0v) is 16.8. The van der Waals surface area contributed by atoms with E-state index in [9.17, 15) is 9.90 Å². The average Bonchev–Trinajstić information content (AvgIpc) is 3.05. The van der Waals surface area contributed by atoms with Gasteiger partial charge < -0.3 is 14.8 Å². The summed E-state index contributed by atoms with van der Waals surface area (Å²) in [6.07, 6.45) is 3.71. The highest BCUT2D eigenvalue weighted by Gasteiger charge is 2.20. The number of hydrogen-bond donors (Lipinski definition) is 2. The van der Waals surface area contributed by atoms with E-state index in [1.54, 1.807) is 11.3 Å². The minimum absolute atomic E-state index is 0.0627. The van der Waals surface area contributed by atoms with Gasteiger partial charge in [-0.3, -0.25) is 4.79 Å². The third-order valence-electron chi connectivity index (χ3n) is 4.68. The first-order chi connectivity index (χ1) is 13.1. The Morgan fingerprint density at radius 3 is 2.89 bits per heavy atom. The molecule has 1 aliphatic carbocycles. The number of fused-ring (bicyclic) bond motifs is 3. The summed E-state index contributed by atoms with van der Waals surface area (Å²) >= 11 is 2.99. The van der Waals surface area contributed by atoms with Crippen molar-refractivity contribution in [1.29, 1.82) is 0 Å². The maximum absolute atomic E-state index is 12.5. The van der Waals surface area contributed by atoms with Crippen LogP contribution in [0.1, 0.15) is 28.8 Å². The Morgan fingerprint density at radius 1 is 1.30 bits per heavy atom. The third kappa shape index (κ3) is 4.20. The number of nitrogens with one attached hydrogen (secondary N) is 1. The summed E-state index contributed by atoms with van der Waals surface area (Å²) in [6, 6.07) is 7.73. The summed E-state index contributed by atoms with van der Waals surface area (Å²) in [5, 5.41) is 11.5. The molecule has 0 bridgehead atoms. The van der Waals surface area contributed by atoms with Crippen molar-refractivity contribution in [2.45, 2.75) is 43.9 Å². The summed E-state index contributed by atoms with van der Waals surface area (Å²) in [5.74, 6) is 1.15. The fourth-order valence-corrected chi connectivity index (χ4v) is 5.35. The van der Waals surface area contributed by atoms with Crippen molar-refractivity contribution < 1.29 is 9.84 Å². The summed E-state index contributed by atoms with van der Waals surface area (Å²) in [4.78, 5) is 22.1. The number of aromatic amines is 1. The maximum Gasteiger partial charge on any atom is 0.260 e. The van der Waals surface area contributed by atoms with Crippen molar-refractivity contribution in [3.63, 3.8) is 0 Å². The average molecular weight is 403 g/mol. The molecule has 0 amide bonds. The monoisotopic (exact) mass is 402 g/mol. The van der Waals surface area contributed by atoms with Crippen molar-refractivity contribution in [2.24, 2.45) is 0 Å². The van der Waals surface area contributed by atoms with Gasteiger partial charge in [-0.15, -0.1) is 11.3 Å². The molecule has 1 aromatic carbocycles. The largest absolute Gasteiger partial charge is 0.491 e. The van der Waals surface area contributed by atoms with Gasteiger partial charge in [0, 0.05) is 10.6 Å². The Kier molecular flexibility index (Phi) is 5.52. The van der Waals surface area contributed by atoms with E-state index in [1.807, 2.05) is 31.2 Å². The van der Waals surface area contributed by atoms with E-state index in [4.69, 9.17) is 4.74 Å². The molecule has 142 valence electrons. The fourth-order valence-electron chi connectivity index (χ4n) is 3.26. The summed E-state index contributed by atoms with van der Waals surface area (Å²) in [6.45, 7) is 2.22. The minimum Gasteiger partial charge on any atom is -0.491 e. The van der Waals surface area contributed by atoms with Crippen molar-refractivity contribution in [3.8, 4) is 5.75 Å². The lowest BCUT2D eigenvalue weighted by molar-refractivity contribution is 0.126. The van der Waals surface area contributed by atoms with E-state index >= 15 is 0 Å². The van der Waals surface area contributed by atoms with Crippen molar-refractivity contribution in [3.05, 3.63) is 50.6 Å². The highest BCUT2D eigenvalue weighted by Crippen LogP contribution is 2.34. The molecule has 0 aliphatic heterocycles. The molecule has 0 radical (unpaired) electrons. The molecule has 0 saturated heterocycles. The maximum atomic E-state index is 12.5. The first-order valence-corrected chi connectivity index (χ1v) is 11.0. The molecule has 5 nitrogen and oxygen atoms in total. The lowest BCUT2D eigenvalue weighted by Gasteiger charge is -2.12. The molecule has 1 atom stereocenters. The molecule has 3 aromatic rings. The highest BCUT2D eigenvalue weighted by molar-refractivity contribution is 7.99. The molecular weight excluding hydrogens is 380 g/mol. The van der Waals surface area contributed by atoms with Crippen molar-refractivity contribution >= 4 is 33.3 Å². The zero-order chi connectivity index (χ0) is 18.8. The van der Waals surface area contributed by atoms with Crippen LogP contribution in [0.15, 0.2) is 34.2 Å². The van der Waals surface area contributed by atoms with E-state index in [1.165, 1.54) is 34.2 Å². The normalized spacial score (nSPS) is 14.9. The molecule has 0 unspecified atom stereocenters. The predicted molar refractivity (Wildman–Crippen MR) is 110 cm³/mol. The van der Waals surface area contributed by atoms with Gasteiger partial charge in [-0.25, -0.2) is 4.98 Å². The number of ether oxygens (including phenoxy) is 1. The third-order valence-corrected chi connectivity index (χ3v) is 6.88. The smallest absolute Gasteiger partial charge is 0.260 e. The van der Waals surface area contributed by atoms with Gasteiger partial charge in [-0.2, -0.15) is 0 Å². The molecule has 0 spiro atoms. The number of H-pyrrole nitrogens is 1. The topological polar surface area (TPSA) is 75.2 Å². The van der Waals surface area contributed by atoms with Gasteiger partial charge in [-0.1, -0.05) is 29.5 Å². The Hall–Kier alpha value is -1.83. The summed E-state index contributed by atoms with van der Waals surface area (Å²) in [5.41, 5.74) is 2.30. The Labute approximate surface area is 165 Å². The number of thiophene rings is 1. The SMILES string of the molecule is Cc1ccc(OC[C@H](O)CSc2nc3sc4c(c3c(=O)[nH]2)CCCC4)cc1. The summed E-state index contributed by atoms with van der Waals surface area (Å²) in [7, 11) is 0. The molecule has 2 aromatic heterocycles. The van der Waals surface area contributed by atoms with E-state index in [-0.39, 0.29) is 12.2 Å². The minimum atomic E-state index is -0.645. The summed E-state index contributed by atoms with van der Waals surface area (Å²) < 4.78 is 5.61. The number of aryl methyl sites for hydroxylation is 3. The molecule has 0 saturated carbocycles. The number of aliphatic hydroxyl groups excluding tert-OH is 1. The second kappa shape index (κ2) is 8.04. The van der Waals surface area contributed by atoms with Gasteiger partial charge in [0.25, 0.3) is 5.56 Å². The van der Waals surface area contributed by atoms with E-state index < -0.39 is 6.10 Å². The molecule has 7 heteroatoms. The fraction of sp³-hybridized carbons (Fsp3) is 0.400. The number of nitrogens with zero attached hydrogens (tertiary/aromatic N) is 1. The van der Waals surface area contributed by atoms with Crippen LogP contribution in [0.4, 0.5) is 0 Å². The molecule has 2 heterocycles. The van der Waals surface area contributed by atoms with E-state index in [0.717, 1.165) is 35.2 Å². The first-order valence-electron chi connectivity index (χ1n) is 9.15. The molecule has 4 rings (SSSR count). The number of aromatic nitrogens is 2. The van der Waals surface area contributed by atoms with Gasteiger partial charge in [0.15, 0.2) is 5.16 Å².